The quantitative estimate of drug-likeness (QED) is 0.0151. The number of aliphatic hydroxyl groups excluding tert-OH is 5. The first-order valence-corrected chi connectivity index (χ1v) is 24.2. The number of aliphatic hydroxyl groups is 5. The fourth-order valence-corrected chi connectivity index (χ4v) is 7.33. The SMILES string of the molecule is CC/C=C/C/C=C/C/C=C/C/C=C/C/C=C/CCCC(=O)O[C@H](COC(=O)CCCCCCCCCCC/C=C/CCCC)COP(=O)(O)OC1C(O)C(O)C(O)[C@H](O)C1O. The Morgan fingerprint density at radius 1 is 0.525 bits per heavy atom. The highest BCUT2D eigenvalue weighted by molar-refractivity contribution is 7.47. The number of unbranched alkanes of at least 4 members (excludes halogenated alkanes) is 12. The lowest BCUT2D eigenvalue weighted by atomic mass is 9.85. The second-order valence-corrected chi connectivity index (χ2v) is 16.9. The van der Waals surface area contributed by atoms with Gasteiger partial charge in [-0.2, -0.15) is 0 Å². The van der Waals surface area contributed by atoms with Gasteiger partial charge in [-0.15, -0.1) is 0 Å². The maximum absolute atomic E-state index is 12.8. The fraction of sp³-hybridized carbons (Fsp3) is 0.702. The van der Waals surface area contributed by atoms with Crippen molar-refractivity contribution in [3.63, 3.8) is 0 Å². The number of rotatable bonds is 36. The smallest absolute Gasteiger partial charge is 0.462 e. The highest BCUT2D eigenvalue weighted by Gasteiger charge is 2.51. The molecule has 0 aromatic rings. The zero-order chi connectivity index (χ0) is 45.0. The van der Waals surface area contributed by atoms with Gasteiger partial charge in [0.15, 0.2) is 6.10 Å². The molecule has 8 atom stereocenters. The molecule has 1 rings (SSSR count). The Kier molecular flexibility index (Phi) is 33.9. The van der Waals surface area contributed by atoms with Gasteiger partial charge in [0, 0.05) is 12.8 Å². The minimum absolute atomic E-state index is 0.0150. The van der Waals surface area contributed by atoms with Gasteiger partial charge >= 0.3 is 19.8 Å². The Bertz CT molecular complexity index is 1340. The number of phosphoric acid groups is 1. The average Bonchev–Trinajstić information content (AvgIpc) is 3.24. The third-order valence-electron chi connectivity index (χ3n) is 10.0. The van der Waals surface area contributed by atoms with E-state index in [1.165, 1.54) is 44.9 Å². The Balaban J connectivity index is 2.52. The third-order valence-corrected chi connectivity index (χ3v) is 11.0. The van der Waals surface area contributed by atoms with Gasteiger partial charge in [0.2, 0.25) is 0 Å². The van der Waals surface area contributed by atoms with Crippen molar-refractivity contribution in [3.05, 3.63) is 72.9 Å². The lowest BCUT2D eigenvalue weighted by Gasteiger charge is -2.41. The predicted molar refractivity (Wildman–Crippen MR) is 239 cm³/mol. The summed E-state index contributed by atoms with van der Waals surface area (Å²) in [6.07, 6.45) is 32.5. The molecule has 6 unspecified atom stereocenters. The minimum atomic E-state index is -5.14. The molecule has 0 radical (unpaired) electrons. The van der Waals surface area contributed by atoms with E-state index in [4.69, 9.17) is 18.5 Å². The van der Waals surface area contributed by atoms with Crippen LogP contribution >= 0.6 is 7.82 Å². The van der Waals surface area contributed by atoms with E-state index in [1.54, 1.807) is 0 Å². The van der Waals surface area contributed by atoms with Crippen LogP contribution in [0.3, 0.4) is 0 Å². The van der Waals surface area contributed by atoms with Crippen LogP contribution in [0, 0.1) is 0 Å². The van der Waals surface area contributed by atoms with Crippen LogP contribution in [-0.2, 0) is 32.7 Å². The molecule has 13 nitrogen and oxygen atoms in total. The van der Waals surface area contributed by atoms with Crippen LogP contribution in [0.2, 0.25) is 0 Å². The topological polar surface area (TPSA) is 210 Å². The monoisotopic (exact) mass is 883 g/mol. The summed E-state index contributed by atoms with van der Waals surface area (Å²) in [4.78, 5) is 35.7. The van der Waals surface area contributed by atoms with Crippen molar-refractivity contribution >= 4 is 19.8 Å². The Hall–Kier alpha value is -2.71. The highest BCUT2D eigenvalue weighted by Crippen LogP contribution is 2.47. The van der Waals surface area contributed by atoms with Crippen molar-refractivity contribution in [2.45, 2.75) is 198 Å². The molecule has 1 aliphatic carbocycles. The number of carbonyl (C=O) groups is 2. The molecule has 0 aromatic carbocycles. The normalized spacial score (nSPS) is 22.7. The third kappa shape index (κ3) is 29.3. The van der Waals surface area contributed by atoms with Crippen LogP contribution < -0.4 is 0 Å². The number of carbonyl (C=O) groups excluding carboxylic acids is 2. The Morgan fingerprint density at radius 3 is 1.49 bits per heavy atom. The molecule has 0 saturated heterocycles. The summed E-state index contributed by atoms with van der Waals surface area (Å²) in [7, 11) is -5.14. The molecule has 1 saturated carbocycles. The molecule has 14 heteroatoms. The van der Waals surface area contributed by atoms with E-state index in [2.05, 4.69) is 74.6 Å². The van der Waals surface area contributed by atoms with E-state index in [0.29, 0.717) is 19.3 Å². The molecule has 0 spiro atoms. The second-order valence-electron chi connectivity index (χ2n) is 15.5. The summed E-state index contributed by atoms with van der Waals surface area (Å²) < 4.78 is 33.4. The fourth-order valence-electron chi connectivity index (χ4n) is 6.36. The van der Waals surface area contributed by atoms with E-state index < -0.39 is 75.7 Å². The summed E-state index contributed by atoms with van der Waals surface area (Å²) >= 11 is 0. The van der Waals surface area contributed by atoms with E-state index in [-0.39, 0.29) is 12.8 Å². The second kappa shape index (κ2) is 36.7. The van der Waals surface area contributed by atoms with Gasteiger partial charge < -0.3 is 39.9 Å². The standard InChI is InChI=1S/C47H79O13P/c1-3-5-7-9-11-13-15-17-19-20-22-24-26-28-30-32-34-36-41(49)59-39(38-58-61(55,56)60-47-45(53)43(51)42(50)44(52)46(47)54)37-57-40(48)35-33-31-29-27-25-23-21-18-16-14-12-10-8-6-4-2/h5,7,10-13,17,19,22,24,28,30,39,42-47,50-54H,3-4,6,8-9,14-16,18,20-21,23,25-27,29,31-38H2,1-2H3,(H,55,56)/b7-5+,12-10+,13-11+,19-17+,24-22+,30-28+/t39-,42?,43+,44?,45?,46?,47?/m1/s1. The molecule has 1 fully saturated rings. The number of ether oxygens (including phenoxy) is 2. The van der Waals surface area contributed by atoms with E-state index >= 15 is 0 Å². The van der Waals surface area contributed by atoms with Crippen molar-refractivity contribution in [2.75, 3.05) is 13.2 Å². The number of esters is 2. The maximum Gasteiger partial charge on any atom is 0.472 e. The first-order valence-electron chi connectivity index (χ1n) is 22.7. The Labute approximate surface area is 365 Å². The average molecular weight is 883 g/mol. The maximum atomic E-state index is 12.8. The molecular weight excluding hydrogens is 803 g/mol. The van der Waals surface area contributed by atoms with E-state index in [9.17, 15) is 44.6 Å². The summed E-state index contributed by atoms with van der Waals surface area (Å²) in [5, 5.41) is 50.1. The molecule has 0 amide bonds. The van der Waals surface area contributed by atoms with Crippen LogP contribution in [-0.4, -0.2) is 98.3 Å². The van der Waals surface area contributed by atoms with Crippen molar-refractivity contribution in [1.82, 2.24) is 0 Å². The lowest BCUT2D eigenvalue weighted by molar-refractivity contribution is -0.220. The molecule has 1 aliphatic rings. The summed E-state index contributed by atoms with van der Waals surface area (Å²) in [6.45, 7) is 3.09. The van der Waals surface area contributed by atoms with Crippen LogP contribution in [0.5, 0.6) is 0 Å². The molecule has 0 heterocycles. The molecule has 6 N–H and O–H groups in total. The number of allylic oxidation sites excluding steroid dienone is 12. The van der Waals surface area contributed by atoms with Crippen LogP contribution in [0.15, 0.2) is 72.9 Å². The Morgan fingerprint density at radius 2 is 0.951 bits per heavy atom. The zero-order valence-corrected chi connectivity index (χ0v) is 37.8. The molecule has 0 aromatic heterocycles. The van der Waals surface area contributed by atoms with E-state index in [1.807, 2.05) is 12.2 Å². The largest absolute Gasteiger partial charge is 0.472 e. The molecule has 61 heavy (non-hydrogen) atoms. The van der Waals surface area contributed by atoms with Gasteiger partial charge in [-0.3, -0.25) is 18.6 Å². The van der Waals surface area contributed by atoms with Crippen LogP contribution in [0.1, 0.15) is 155 Å². The van der Waals surface area contributed by atoms with Crippen molar-refractivity contribution in [3.8, 4) is 0 Å². The molecule has 0 aliphatic heterocycles. The van der Waals surface area contributed by atoms with Crippen LogP contribution in [0.4, 0.5) is 0 Å². The van der Waals surface area contributed by atoms with Crippen molar-refractivity contribution < 1.29 is 63.1 Å². The van der Waals surface area contributed by atoms with Gasteiger partial charge in [0.25, 0.3) is 0 Å². The highest BCUT2D eigenvalue weighted by atomic mass is 31.2. The van der Waals surface area contributed by atoms with Gasteiger partial charge in [-0.05, 0) is 70.6 Å². The number of hydrogen-bond acceptors (Lipinski definition) is 12. The summed E-state index contributed by atoms with van der Waals surface area (Å²) in [5.74, 6) is -1.18. The minimum Gasteiger partial charge on any atom is -0.462 e. The molecule has 0 bridgehead atoms. The van der Waals surface area contributed by atoms with Gasteiger partial charge in [0.05, 0.1) is 6.61 Å². The van der Waals surface area contributed by atoms with Gasteiger partial charge in [-0.1, -0.05) is 145 Å². The first-order chi connectivity index (χ1) is 29.4. The van der Waals surface area contributed by atoms with Gasteiger partial charge in [0.1, 0.15) is 43.2 Å². The van der Waals surface area contributed by atoms with Gasteiger partial charge in [-0.25, -0.2) is 4.57 Å². The first kappa shape index (κ1) is 56.3. The number of hydrogen-bond donors (Lipinski definition) is 6. The van der Waals surface area contributed by atoms with Crippen molar-refractivity contribution in [1.29, 1.82) is 0 Å². The summed E-state index contributed by atoms with van der Waals surface area (Å²) in [6, 6.07) is 0. The lowest BCUT2D eigenvalue weighted by Crippen LogP contribution is -2.64. The van der Waals surface area contributed by atoms with E-state index in [0.717, 1.165) is 64.2 Å². The zero-order valence-electron chi connectivity index (χ0n) is 36.9. The molecular formula is C47H79O13P. The predicted octanol–water partition coefficient (Wildman–Crippen LogP) is 8.72. The van der Waals surface area contributed by atoms with Crippen molar-refractivity contribution in [2.24, 2.45) is 0 Å². The molecule has 350 valence electrons. The summed E-state index contributed by atoms with van der Waals surface area (Å²) in [5.41, 5.74) is 0. The number of phosphoric ester groups is 1. The van der Waals surface area contributed by atoms with Crippen LogP contribution in [0.25, 0.3) is 0 Å².